The monoisotopic (exact) mass is 329 g/mol. The lowest BCUT2D eigenvalue weighted by Crippen LogP contribution is -2.19. The van der Waals surface area contributed by atoms with E-state index in [0.717, 1.165) is 11.3 Å². The molecule has 0 heterocycles. The number of hydrogen-bond donors (Lipinski definition) is 2. The Morgan fingerprint density at radius 3 is 2.35 bits per heavy atom. The Hall–Kier alpha value is -2.80. The number of aryl methyl sites for hydroxylation is 1. The number of carbonyl (C=O) groups is 1. The summed E-state index contributed by atoms with van der Waals surface area (Å²) in [5.41, 5.74) is 2.73. The second-order valence-corrected chi connectivity index (χ2v) is 5.38. The number of ketones is 1. The molecule has 0 bridgehead atoms. The lowest BCUT2D eigenvalue weighted by atomic mass is 10.1. The molecule has 0 aliphatic heterocycles. The first-order valence-electron chi connectivity index (χ1n) is 6.81. The summed E-state index contributed by atoms with van der Waals surface area (Å²) in [6, 6.07) is 11.4. The number of nitro groups is 1. The predicted molar refractivity (Wildman–Crippen MR) is 94.1 cm³/mol. The van der Waals surface area contributed by atoms with Crippen LogP contribution in [0.4, 0.5) is 17.1 Å². The number of Topliss-reactive ketones (excluding diaryl/α,β-unsaturated/α-hetero) is 1. The van der Waals surface area contributed by atoms with Crippen LogP contribution in [0.15, 0.2) is 42.5 Å². The van der Waals surface area contributed by atoms with Crippen LogP contribution in [0, 0.1) is 17.0 Å². The molecular weight excluding hydrogens is 314 g/mol. The molecule has 2 N–H and O–H groups in total. The van der Waals surface area contributed by atoms with E-state index >= 15 is 0 Å². The summed E-state index contributed by atoms with van der Waals surface area (Å²) in [6.07, 6.45) is 0. The van der Waals surface area contributed by atoms with E-state index in [0.29, 0.717) is 16.4 Å². The zero-order valence-electron chi connectivity index (χ0n) is 12.6. The highest BCUT2D eigenvalue weighted by molar-refractivity contribution is 7.80. The highest BCUT2D eigenvalue weighted by Crippen LogP contribution is 2.22. The number of nitro benzene ring substituents is 1. The first-order valence-corrected chi connectivity index (χ1v) is 7.21. The minimum absolute atomic E-state index is 0.00767. The number of anilines is 2. The summed E-state index contributed by atoms with van der Waals surface area (Å²) < 4.78 is 0. The van der Waals surface area contributed by atoms with Crippen molar-refractivity contribution in [3.05, 3.63) is 63.7 Å². The Morgan fingerprint density at radius 2 is 1.78 bits per heavy atom. The fraction of sp³-hybridized carbons (Fsp3) is 0.125. The molecule has 0 aliphatic rings. The molecular formula is C16H15N3O3S. The fourth-order valence-corrected chi connectivity index (χ4v) is 2.16. The minimum Gasteiger partial charge on any atom is -0.332 e. The van der Waals surface area contributed by atoms with Gasteiger partial charge in [-0.25, -0.2) is 0 Å². The molecule has 0 amide bonds. The molecule has 0 saturated heterocycles. The van der Waals surface area contributed by atoms with Gasteiger partial charge >= 0.3 is 0 Å². The topological polar surface area (TPSA) is 84.3 Å². The maximum atomic E-state index is 11.2. The van der Waals surface area contributed by atoms with Gasteiger partial charge in [-0.1, -0.05) is 6.07 Å². The van der Waals surface area contributed by atoms with Crippen molar-refractivity contribution in [3.8, 4) is 0 Å². The second kappa shape index (κ2) is 6.97. The largest absolute Gasteiger partial charge is 0.332 e. The molecule has 2 aromatic carbocycles. The van der Waals surface area contributed by atoms with Crippen molar-refractivity contribution in [3.63, 3.8) is 0 Å². The molecule has 6 nitrogen and oxygen atoms in total. The number of rotatable bonds is 4. The average Bonchev–Trinajstić information content (AvgIpc) is 2.49. The maximum Gasteiger partial charge on any atom is 0.271 e. The zero-order valence-corrected chi connectivity index (χ0v) is 13.4. The van der Waals surface area contributed by atoms with Crippen LogP contribution >= 0.6 is 12.2 Å². The van der Waals surface area contributed by atoms with Crippen LogP contribution < -0.4 is 10.6 Å². The predicted octanol–water partition coefficient (Wildman–Crippen LogP) is 3.91. The lowest BCUT2D eigenvalue weighted by molar-refractivity contribution is -0.384. The number of nitrogens with one attached hydrogen (secondary N) is 2. The van der Waals surface area contributed by atoms with Crippen molar-refractivity contribution in [1.29, 1.82) is 0 Å². The van der Waals surface area contributed by atoms with Crippen molar-refractivity contribution in [2.45, 2.75) is 13.8 Å². The third kappa shape index (κ3) is 4.33. The molecule has 0 radical (unpaired) electrons. The number of thiocarbonyl (C=S) groups is 1. The van der Waals surface area contributed by atoms with Crippen LogP contribution in [0.1, 0.15) is 22.8 Å². The third-order valence-electron chi connectivity index (χ3n) is 3.23. The Morgan fingerprint density at radius 1 is 1.13 bits per heavy atom. The van der Waals surface area contributed by atoms with Gasteiger partial charge in [0, 0.05) is 29.1 Å². The van der Waals surface area contributed by atoms with Gasteiger partial charge in [-0.15, -0.1) is 0 Å². The smallest absolute Gasteiger partial charge is 0.271 e. The minimum atomic E-state index is -0.457. The third-order valence-corrected chi connectivity index (χ3v) is 3.43. The molecule has 0 spiro atoms. The highest BCUT2D eigenvalue weighted by Gasteiger charge is 2.10. The summed E-state index contributed by atoms with van der Waals surface area (Å²) in [4.78, 5) is 21.6. The number of nitrogens with zero attached hydrogens (tertiary/aromatic N) is 1. The Kier molecular flexibility index (Phi) is 5.02. The quantitative estimate of drug-likeness (QED) is 0.383. The van der Waals surface area contributed by atoms with Crippen LogP contribution in [0.25, 0.3) is 0 Å². The van der Waals surface area contributed by atoms with Crippen LogP contribution in [0.5, 0.6) is 0 Å². The van der Waals surface area contributed by atoms with Crippen molar-refractivity contribution < 1.29 is 9.72 Å². The average molecular weight is 329 g/mol. The van der Waals surface area contributed by atoms with Crippen LogP contribution in [0.3, 0.4) is 0 Å². The molecule has 0 saturated carbocycles. The van der Waals surface area contributed by atoms with Gasteiger partial charge in [-0.3, -0.25) is 14.9 Å². The maximum absolute atomic E-state index is 11.2. The fourth-order valence-electron chi connectivity index (χ4n) is 1.93. The van der Waals surface area contributed by atoms with Gasteiger partial charge in [0.15, 0.2) is 10.9 Å². The standard InChI is InChI=1S/C16H15N3O3S/c1-10-3-8-14(19(21)22)9-15(10)18-16(23)17-13-6-4-12(5-7-13)11(2)20/h3-9H,1-2H3,(H2,17,18,23). The Bertz CT molecular complexity index is 773. The molecule has 118 valence electrons. The second-order valence-electron chi connectivity index (χ2n) is 4.97. The number of non-ortho nitro benzene ring substituents is 1. The first kappa shape index (κ1) is 16.6. The summed E-state index contributed by atoms with van der Waals surface area (Å²) in [5, 5.41) is 17.1. The molecule has 7 heteroatoms. The summed E-state index contributed by atoms with van der Waals surface area (Å²) in [7, 11) is 0. The van der Waals surface area contributed by atoms with Gasteiger partial charge in [-0.05, 0) is 55.9 Å². The van der Waals surface area contributed by atoms with Gasteiger partial charge in [0.2, 0.25) is 0 Å². The van der Waals surface area contributed by atoms with Gasteiger partial charge in [0.1, 0.15) is 0 Å². The molecule has 0 aliphatic carbocycles. The summed E-state index contributed by atoms with van der Waals surface area (Å²) in [5.74, 6) is -0.00975. The molecule has 0 unspecified atom stereocenters. The van der Waals surface area contributed by atoms with Gasteiger partial charge in [0.25, 0.3) is 5.69 Å². The van der Waals surface area contributed by atoms with Crippen LogP contribution in [-0.2, 0) is 0 Å². The van der Waals surface area contributed by atoms with Gasteiger partial charge < -0.3 is 10.6 Å². The summed E-state index contributed by atoms with van der Waals surface area (Å²) >= 11 is 5.21. The first-order chi connectivity index (χ1) is 10.9. The Balaban J connectivity index is 2.09. The van der Waals surface area contributed by atoms with E-state index in [2.05, 4.69) is 10.6 Å². The van der Waals surface area contributed by atoms with Gasteiger partial charge in [0.05, 0.1) is 4.92 Å². The lowest BCUT2D eigenvalue weighted by Gasteiger charge is -2.12. The highest BCUT2D eigenvalue weighted by atomic mass is 32.1. The molecule has 2 aromatic rings. The number of hydrogen-bond acceptors (Lipinski definition) is 4. The van der Waals surface area contributed by atoms with E-state index in [1.54, 1.807) is 30.3 Å². The van der Waals surface area contributed by atoms with Crippen molar-refractivity contribution >= 4 is 40.2 Å². The van der Waals surface area contributed by atoms with Crippen molar-refractivity contribution in [2.75, 3.05) is 10.6 Å². The van der Waals surface area contributed by atoms with E-state index in [1.807, 2.05) is 6.92 Å². The molecule has 0 aromatic heterocycles. The van der Waals surface area contributed by atoms with Crippen LogP contribution in [0.2, 0.25) is 0 Å². The normalized spacial score (nSPS) is 10.0. The SMILES string of the molecule is CC(=O)c1ccc(NC(=S)Nc2cc([N+](=O)[O-])ccc2C)cc1. The van der Waals surface area contributed by atoms with Crippen LogP contribution in [-0.4, -0.2) is 15.8 Å². The molecule has 2 rings (SSSR count). The molecule has 0 fully saturated rings. The summed E-state index contributed by atoms with van der Waals surface area (Å²) in [6.45, 7) is 3.33. The van der Waals surface area contributed by atoms with Crippen molar-refractivity contribution in [1.82, 2.24) is 0 Å². The van der Waals surface area contributed by atoms with E-state index in [9.17, 15) is 14.9 Å². The molecule has 0 atom stereocenters. The van der Waals surface area contributed by atoms with E-state index < -0.39 is 4.92 Å². The number of carbonyl (C=O) groups excluding carboxylic acids is 1. The Labute approximate surface area is 138 Å². The molecule has 23 heavy (non-hydrogen) atoms. The number of benzene rings is 2. The van der Waals surface area contributed by atoms with E-state index in [-0.39, 0.29) is 11.5 Å². The zero-order chi connectivity index (χ0) is 17.0. The van der Waals surface area contributed by atoms with E-state index in [4.69, 9.17) is 12.2 Å². The van der Waals surface area contributed by atoms with Gasteiger partial charge in [-0.2, -0.15) is 0 Å². The van der Waals surface area contributed by atoms with Crippen molar-refractivity contribution in [2.24, 2.45) is 0 Å². The van der Waals surface area contributed by atoms with E-state index in [1.165, 1.54) is 19.1 Å².